The molecule has 4 heterocycles. The van der Waals surface area contributed by atoms with E-state index >= 15 is 0 Å². The van der Waals surface area contributed by atoms with Crippen LogP contribution in [0.25, 0.3) is 49.4 Å². The van der Waals surface area contributed by atoms with Crippen LogP contribution < -0.4 is 30.8 Å². The van der Waals surface area contributed by atoms with Gasteiger partial charge in [-0.2, -0.15) is 0 Å². The first-order chi connectivity index (χ1) is 33.2. The summed E-state index contributed by atoms with van der Waals surface area (Å²) >= 11 is 0. The van der Waals surface area contributed by atoms with E-state index < -0.39 is 0 Å². The zero-order valence-electron chi connectivity index (χ0n) is 42.6. The summed E-state index contributed by atoms with van der Waals surface area (Å²) in [5, 5.41) is 4.56. The molecule has 70 heavy (non-hydrogen) atoms. The molecular weight excluding hydrogens is 856 g/mol. The van der Waals surface area contributed by atoms with Crippen molar-refractivity contribution in [2.45, 2.75) is 105 Å². The number of furan rings is 1. The molecule has 0 radical (unpaired) electrons. The first-order valence-electron chi connectivity index (χ1n) is 24.9. The molecule has 12 rings (SSSR count). The van der Waals surface area contributed by atoms with Gasteiger partial charge in [-0.25, -0.2) is 0 Å². The number of rotatable bonds is 4. The molecule has 0 saturated heterocycles. The van der Waals surface area contributed by atoms with Gasteiger partial charge in [-0.05, 0) is 134 Å². The first kappa shape index (κ1) is 44.1. The Kier molecular flexibility index (Phi) is 9.54. The third kappa shape index (κ3) is 6.96. The number of aromatic nitrogens is 1. The van der Waals surface area contributed by atoms with Crippen molar-refractivity contribution in [3.8, 4) is 28.7 Å². The van der Waals surface area contributed by atoms with Gasteiger partial charge in [-0.15, -0.1) is 0 Å². The third-order valence-corrected chi connectivity index (χ3v) is 15.0. The molecule has 10 aromatic rings. The number of hydrogen-bond acceptors (Lipinski definition) is 4. The summed E-state index contributed by atoms with van der Waals surface area (Å²) in [6, 6.07) is 55.9. The number of nitrogens with zero attached hydrogens (tertiary/aromatic N) is 2. The van der Waals surface area contributed by atoms with Crippen LogP contribution in [0, 0.1) is 0 Å². The van der Waals surface area contributed by atoms with Crippen LogP contribution in [0.15, 0.2) is 156 Å². The fraction of sp³-hybridized carbons (Fsp3) is 0.250. The van der Waals surface area contributed by atoms with Gasteiger partial charge in [0.2, 0.25) is 0 Å². The van der Waals surface area contributed by atoms with Gasteiger partial charge in [-0.1, -0.05) is 150 Å². The average molecular weight is 917 g/mol. The number of fused-ring (bicyclic) bond motifs is 11. The summed E-state index contributed by atoms with van der Waals surface area (Å²) in [7, 11) is 0. The van der Waals surface area contributed by atoms with Crippen LogP contribution in [0.5, 0.6) is 23.0 Å². The molecule has 2 aromatic heterocycles. The van der Waals surface area contributed by atoms with Crippen LogP contribution in [0.1, 0.15) is 105 Å². The molecule has 0 atom stereocenters. The molecule has 0 unspecified atom stereocenters. The topological polar surface area (TPSA) is 39.8 Å². The predicted molar refractivity (Wildman–Crippen MR) is 295 cm³/mol. The molecule has 0 aliphatic carbocycles. The highest BCUT2D eigenvalue weighted by Crippen LogP contribution is 2.47. The quantitative estimate of drug-likeness (QED) is 0.165. The summed E-state index contributed by atoms with van der Waals surface area (Å²) < 4.78 is 23.6. The molecule has 2 aliphatic rings. The van der Waals surface area contributed by atoms with Crippen LogP contribution in [-0.4, -0.2) is 11.3 Å². The molecule has 0 saturated carbocycles. The van der Waals surface area contributed by atoms with Crippen molar-refractivity contribution < 1.29 is 13.9 Å². The molecule has 5 nitrogen and oxygen atoms in total. The van der Waals surface area contributed by atoms with Gasteiger partial charge in [0.25, 0.3) is 6.71 Å². The molecule has 2 aliphatic heterocycles. The Hall–Kier alpha value is -7.18. The Bertz CT molecular complexity index is 3620. The van der Waals surface area contributed by atoms with E-state index in [4.69, 9.17) is 13.9 Å². The molecule has 0 fully saturated rings. The summed E-state index contributed by atoms with van der Waals surface area (Å²) in [6.45, 7) is 27.2. The standard InChI is InChI=1S/C64H61BN2O3/c1-61(2,3)38-20-26-42(27-21-38)66(43-28-22-39(23-29-43)62(4,5)6)44-30-31-48-56(36-44)68-54-18-15-19-55-58(54)65(48)49-37-52(57-45-16-13-14-17-53(45)69-60(57)59(49)70-55)67-50-32-24-40(63(7,8)9)34-46(50)47-35-41(64(10,11)12)25-33-51(47)67/h13-37H,1-12H3. The highest BCUT2D eigenvalue weighted by atomic mass is 16.5. The number of hydrogen-bond donors (Lipinski definition) is 0. The fourth-order valence-corrected chi connectivity index (χ4v) is 10.9. The van der Waals surface area contributed by atoms with E-state index in [1.165, 1.54) is 33.0 Å². The maximum atomic E-state index is 7.09. The molecule has 6 heteroatoms. The lowest BCUT2D eigenvalue weighted by Gasteiger charge is -2.34. The van der Waals surface area contributed by atoms with Crippen LogP contribution in [0.2, 0.25) is 0 Å². The Morgan fingerprint density at radius 1 is 0.429 bits per heavy atom. The Labute approximate surface area is 412 Å². The molecule has 0 amide bonds. The lowest BCUT2D eigenvalue weighted by atomic mass is 9.34. The number of ether oxygens (including phenoxy) is 2. The van der Waals surface area contributed by atoms with E-state index in [0.717, 1.165) is 95.1 Å². The van der Waals surface area contributed by atoms with Crippen molar-refractivity contribution in [2.75, 3.05) is 4.90 Å². The third-order valence-electron chi connectivity index (χ3n) is 15.0. The maximum absolute atomic E-state index is 7.09. The van der Waals surface area contributed by atoms with E-state index in [2.05, 4.69) is 238 Å². The normalized spacial score (nSPS) is 13.6. The zero-order chi connectivity index (χ0) is 48.8. The second-order valence-electron chi connectivity index (χ2n) is 23.9. The van der Waals surface area contributed by atoms with Crippen molar-refractivity contribution in [2.24, 2.45) is 0 Å². The molecule has 0 N–H and O–H groups in total. The van der Waals surface area contributed by atoms with E-state index in [1.807, 2.05) is 6.07 Å². The van der Waals surface area contributed by atoms with Gasteiger partial charge in [0.15, 0.2) is 11.3 Å². The summed E-state index contributed by atoms with van der Waals surface area (Å²) in [5.41, 5.74) is 16.5. The SMILES string of the molecule is CC(C)(C)c1ccc(N(c2ccc(C(C)(C)C)cc2)c2ccc3c(c2)Oc2cccc4c2B3c2cc(-n3c5ccc(C(C)(C)C)cc5c5cc(C(C)(C)C)ccc53)c3c(oc5ccccc53)c2O4)cc1. The highest BCUT2D eigenvalue weighted by molar-refractivity contribution is 6.98. The largest absolute Gasteiger partial charge is 0.458 e. The molecular formula is C64H61BN2O3. The summed E-state index contributed by atoms with van der Waals surface area (Å²) in [6.07, 6.45) is 0. The maximum Gasteiger partial charge on any atom is 0.260 e. The second-order valence-corrected chi connectivity index (χ2v) is 23.9. The summed E-state index contributed by atoms with van der Waals surface area (Å²) in [5.74, 6) is 3.13. The molecule has 0 bridgehead atoms. The number of benzene rings is 8. The lowest BCUT2D eigenvalue weighted by Crippen LogP contribution is -2.57. The zero-order valence-corrected chi connectivity index (χ0v) is 42.6. The van der Waals surface area contributed by atoms with Gasteiger partial charge >= 0.3 is 0 Å². The van der Waals surface area contributed by atoms with Crippen LogP contribution >= 0.6 is 0 Å². The van der Waals surface area contributed by atoms with Crippen LogP contribution in [0.3, 0.4) is 0 Å². The van der Waals surface area contributed by atoms with E-state index in [-0.39, 0.29) is 28.4 Å². The van der Waals surface area contributed by atoms with Crippen molar-refractivity contribution in [1.29, 1.82) is 0 Å². The van der Waals surface area contributed by atoms with E-state index in [0.29, 0.717) is 0 Å². The minimum absolute atomic E-state index is 0.0202. The van der Waals surface area contributed by atoms with E-state index in [1.54, 1.807) is 0 Å². The van der Waals surface area contributed by atoms with Crippen molar-refractivity contribution in [3.63, 3.8) is 0 Å². The lowest BCUT2D eigenvalue weighted by molar-refractivity contribution is 0.461. The van der Waals surface area contributed by atoms with Gasteiger partial charge in [0, 0.05) is 44.8 Å². The predicted octanol–water partition coefficient (Wildman–Crippen LogP) is 16.1. The number of para-hydroxylation sites is 1. The molecule has 0 spiro atoms. The Morgan fingerprint density at radius 2 is 0.943 bits per heavy atom. The van der Waals surface area contributed by atoms with Crippen molar-refractivity contribution in [1.82, 2.24) is 4.57 Å². The molecule has 8 aromatic carbocycles. The Morgan fingerprint density at radius 3 is 1.50 bits per heavy atom. The monoisotopic (exact) mass is 916 g/mol. The van der Waals surface area contributed by atoms with Crippen LogP contribution in [-0.2, 0) is 21.7 Å². The second kappa shape index (κ2) is 15.2. The fourth-order valence-electron chi connectivity index (χ4n) is 10.9. The number of anilines is 3. The smallest absolute Gasteiger partial charge is 0.260 e. The van der Waals surface area contributed by atoms with Crippen molar-refractivity contribution >= 4 is 83.9 Å². The van der Waals surface area contributed by atoms with Gasteiger partial charge in [-0.3, -0.25) is 0 Å². The minimum atomic E-state index is -0.206. The summed E-state index contributed by atoms with van der Waals surface area (Å²) in [4.78, 5) is 2.35. The molecule has 348 valence electrons. The highest BCUT2D eigenvalue weighted by Gasteiger charge is 2.43. The van der Waals surface area contributed by atoms with Gasteiger partial charge in [0.1, 0.15) is 22.8 Å². The van der Waals surface area contributed by atoms with Crippen LogP contribution in [0.4, 0.5) is 17.1 Å². The average Bonchev–Trinajstić information content (AvgIpc) is 3.87. The van der Waals surface area contributed by atoms with Gasteiger partial charge < -0.3 is 23.4 Å². The van der Waals surface area contributed by atoms with E-state index in [9.17, 15) is 0 Å². The Balaban J connectivity index is 1.10. The van der Waals surface area contributed by atoms with Gasteiger partial charge in [0.05, 0.1) is 22.1 Å². The first-order valence-corrected chi connectivity index (χ1v) is 24.9. The minimum Gasteiger partial charge on any atom is -0.458 e. The van der Waals surface area contributed by atoms with Crippen molar-refractivity contribution in [3.05, 3.63) is 174 Å².